The smallest absolute Gasteiger partial charge is 0.870 e. The molecular formula is H7AlMg2O7-3. The van der Waals surface area contributed by atoms with E-state index >= 15 is 0 Å². The van der Waals surface area contributed by atoms with Crippen LogP contribution in [0, 0.1) is 0 Å². The van der Waals surface area contributed by atoms with E-state index in [9.17, 15) is 0 Å². The van der Waals surface area contributed by atoms with E-state index in [4.69, 9.17) is 0 Å². The normalized spacial score (nSPS) is 0. The summed E-state index contributed by atoms with van der Waals surface area (Å²) in [7, 11) is 0. The molecular weight excluding hydrogens is 188 g/mol. The Kier molecular flexibility index (Phi) is 13900. The number of rotatable bonds is 0. The molecule has 0 amide bonds. The van der Waals surface area contributed by atoms with Crippen molar-refractivity contribution in [1.29, 1.82) is 0 Å². The van der Waals surface area contributed by atoms with Crippen LogP contribution in [-0.4, -0.2) is 102 Å². The molecule has 0 aromatic rings. The van der Waals surface area contributed by atoms with Crippen LogP contribution in [0.25, 0.3) is 0 Å². The summed E-state index contributed by atoms with van der Waals surface area (Å²) >= 11 is 0. The first-order chi connectivity index (χ1) is 0. The van der Waals surface area contributed by atoms with Gasteiger partial charge in [-0.2, -0.15) is 0 Å². The second-order valence-electron chi connectivity index (χ2n) is 0. The SMILES string of the molecule is [Al].[Mg+2].[Mg+2].[OH-].[OH-].[OH-].[OH-].[OH-].[OH-].[OH-]. The number of hydrogen-bond acceptors (Lipinski definition) is 7. The molecule has 0 aliphatic carbocycles. The average molecular weight is 195 g/mol. The Morgan fingerprint density at radius 2 is 0.300 bits per heavy atom. The quantitative estimate of drug-likeness (QED) is 0.381. The van der Waals surface area contributed by atoms with Gasteiger partial charge in [0.25, 0.3) is 0 Å². The van der Waals surface area contributed by atoms with Crippen LogP contribution in [0.5, 0.6) is 0 Å². The molecule has 10 heavy (non-hydrogen) atoms. The zero-order valence-electron chi connectivity index (χ0n) is 5.12. The van der Waals surface area contributed by atoms with Gasteiger partial charge < -0.3 is 38.3 Å². The molecule has 0 aromatic heterocycles. The molecule has 0 aliphatic heterocycles. The van der Waals surface area contributed by atoms with Gasteiger partial charge in [-0.05, 0) is 0 Å². The Balaban J connectivity index is 0. The molecule has 7 N–H and O–H groups in total. The molecule has 59 valence electrons. The molecule has 0 bridgehead atoms. The van der Waals surface area contributed by atoms with Crippen LogP contribution in [0.1, 0.15) is 0 Å². The van der Waals surface area contributed by atoms with Crippen molar-refractivity contribution in [2.24, 2.45) is 0 Å². The minimum absolute atomic E-state index is 0. The third-order valence-electron chi connectivity index (χ3n) is 0. The minimum Gasteiger partial charge on any atom is -0.870 e. The van der Waals surface area contributed by atoms with E-state index in [1.807, 2.05) is 0 Å². The van der Waals surface area contributed by atoms with E-state index in [0.29, 0.717) is 0 Å². The van der Waals surface area contributed by atoms with Gasteiger partial charge in [0.2, 0.25) is 0 Å². The Morgan fingerprint density at radius 3 is 0.300 bits per heavy atom. The van der Waals surface area contributed by atoms with E-state index in [2.05, 4.69) is 0 Å². The Morgan fingerprint density at radius 1 is 0.300 bits per heavy atom. The predicted molar refractivity (Wildman–Crippen MR) is 30.8 cm³/mol. The molecule has 0 aromatic carbocycles. The fourth-order valence-corrected chi connectivity index (χ4v) is 0. The van der Waals surface area contributed by atoms with Gasteiger partial charge in [-0.25, -0.2) is 0 Å². The van der Waals surface area contributed by atoms with Crippen LogP contribution in [0.15, 0.2) is 0 Å². The minimum atomic E-state index is 0. The van der Waals surface area contributed by atoms with Crippen LogP contribution >= 0.6 is 0 Å². The molecule has 0 rings (SSSR count). The van der Waals surface area contributed by atoms with Crippen molar-refractivity contribution in [3.63, 3.8) is 0 Å². The van der Waals surface area contributed by atoms with Gasteiger partial charge in [0.15, 0.2) is 0 Å². The van der Waals surface area contributed by atoms with Gasteiger partial charge in [-0.1, -0.05) is 0 Å². The van der Waals surface area contributed by atoms with Crippen molar-refractivity contribution >= 4 is 63.5 Å². The average Bonchev–Trinajstić information content (AvgIpc) is 0. The molecule has 7 nitrogen and oxygen atoms in total. The van der Waals surface area contributed by atoms with Crippen molar-refractivity contribution in [2.75, 3.05) is 0 Å². The monoisotopic (exact) mass is 194 g/mol. The van der Waals surface area contributed by atoms with Crippen molar-refractivity contribution in [1.82, 2.24) is 0 Å². The summed E-state index contributed by atoms with van der Waals surface area (Å²) in [6, 6.07) is 0. The molecule has 0 atom stereocenters. The summed E-state index contributed by atoms with van der Waals surface area (Å²) in [5.41, 5.74) is 0. The van der Waals surface area contributed by atoms with Crippen LogP contribution in [0.4, 0.5) is 0 Å². The van der Waals surface area contributed by atoms with Crippen LogP contribution < -0.4 is 0 Å². The fourth-order valence-electron chi connectivity index (χ4n) is 0. The van der Waals surface area contributed by atoms with Crippen LogP contribution in [-0.2, 0) is 0 Å². The zero-order chi connectivity index (χ0) is 0. The van der Waals surface area contributed by atoms with Crippen molar-refractivity contribution in [2.45, 2.75) is 0 Å². The van der Waals surface area contributed by atoms with E-state index in [-0.39, 0.29) is 102 Å². The number of hydrogen-bond donors (Lipinski definition) is 0. The maximum Gasteiger partial charge on any atom is 2.00 e. The van der Waals surface area contributed by atoms with E-state index in [0.717, 1.165) is 0 Å². The third kappa shape index (κ3) is 237. The molecule has 0 saturated heterocycles. The molecule has 3 radical (unpaired) electrons. The van der Waals surface area contributed by atoms with Crippen LogP contribution in [0.2, 0.25) is 0 Å². The van der Waals surface area contributed by atoms with Gasteiger partial charge in [-0.3, -0.25) is 0 Å². The molecule has 0 saturated carbocycles. The second kappa shape index (κ2) is 324. The van der Waals surface area contributed by atoms with Crippen LogP contribution in [0.3, 0.4) is 0 Å². The largest absolute Gasteiger partial charge is 2.00 e. The third-order valence-corrected chi connectivity index (χ3v) is 0. The Hall–Kier alpha value is 1.78. The first kappa shape index (κ1) is 430. The first-order valence-corrected chi connectivity index (χ1v) is 0. The summed E-state index contributed by atoms with van der Waals surface area (Å²) < 4.78 is 0. The maximum atomic E-state index is 0. The van der Waals surface area contributed by atoms with Gasteiger partial charge in [0.1, 0.15) is 0 Å². The van der Waals surface area contributed by atoms with Gasteiger partial charge >= 0.3 is 46.1 Å². The zero-order valence-corrected chi connectivity index (χ0v) is 9.11. The van der Waals surface area contributed by atoms with E-state index in [1.165, 1.54) is 0 Å². The fraction of sp³-hybridized carbons (Fsp3) is 0. The summed E-state index contributed by atoms with van der Waals surface area (Å²) in [5, 5.41) is 0. The van der Waals surface area contributed by atoms with Crippen molar-refractivity contribution in [3.8, 4) is 0 Å². The second-order valence-corrected chi connectivity index (χ2v) is 0. The summed E-state index contributed by atoms with van der Waals surface area (Å²) in [5.74, 6) is 0. The maximum absolute atomic E-state index is 0. The summed E-state index contributed by atoms with van der Waals surface area (Å²) in [4.78, 5) is 0. The standard InChI is InChI=1S/Al.2Mg.7H2O/h;;;7*1H2/q;2*+2;;;;;;;/p-7. The Labute approximate surface area is 101 Å². The predicted octanol–water partition coefficient (Wildman–Crippen LogP) is -2.38. The topological polar surface area (TPSA) is 210 Å². The molecule has 0 spiro atoms. The van der Waals surface area contributed by atoms with E-state index in [1.54, 1.807) is 0 Å². The van der Waals surface area contributed by atoms with Gasteiger partial charge in [0.05, 0.1) is 0 Å². The van der Waals surface area contributed by atoms with E-state index < -0.39 is 0 Å². The molecule has 0 unspecified atom stereocenters. The summed E-state index contributed by atoms with van der Waals surface area (Å²) in [6.45, 7) is 0. The molecule has 0 fully saturated rings. The van der Waals surface area contributed by atoms with Crippen molar-refractivity contribution < 1.29 is 38.3 Å². The summed E-state index contributed by atoms with van der Waals surface area (Å²) in [6.07, 6.45) is 0. The van der Waals surface area contributed by atoms with Gasteiger partial charge in [-0.15, -0.1) is 0 Å². The van der Waals surface area contributed by atoms with Gasteiger partial charge in [0, 0.05) is 17.4 Å². The Bertz CT molecular complexity index is 11.6. The molecule has 10 heteroatoms. The molecule has 0 aliphatic rings. The first-order valence-electron chi connectivity index (χ1n) is 0. The van der Waals surface area contributed by atoms with Crippen molar-refractivity contribution in [3.05, 3.63) is 0 Å². The molecule has 0 heterocycles.